The second-order valence-electron chi connectivity index (χ2n) is 5.90. The molecular weight excluding hydrogens is 286 g/mol. The van der Waals surface area contributed by atoms with Crippen molar-refractivity contribution < 1.29 is 13.2 Å². The van der Waals surface area contributed by atoms with Crippen LogP contribution in [0.1, 0.15) is 43.2 Å². The maximum absolute atomic E-state index is 12.9. The molecule has 118 valence electrons. The van der Waals surface area contributed by atoms with Crippen LogP contribution in [-0.4, -0.2) is 32.9 Å². The summed E-state index contributed by atoms with van der Waals surface area (Å²) >= 11 is 0. The molecule has 0 aliphatic heterocycles. The Hall–Kier alpha value is -1.07. The largest absolute Gasteiger partial charge is 0.495 e. The Labute approximate surface area is 128 Å². The van der Waals surface area contributed by atoms with Crippen molar-refractivity contribution in [2.75, 3.05) is 14.2 Å². The van der Waals surface area contributed by atoms with Crippen LogP contribution >= 0.6 is 0 Å². The molecule has 4 nitrogen and oxygen atoms in total. The van der Waals surface area contributed by atoms with Crippen LogP contribution in [0.5, 0.6) is 5.75 Å². The van der Waals surface area contributed by atoms with E-state index in [1.165, 1.54) is 13.5 Å². The van der Waals surface area contributed by atoms with Gasteiger partial charge in [0.2, 0.25) is 10.0 Å². The first-order valence-electron chi connectivity index (χ1n) is 7.51. The first-order chi connectivity index (χ1) is 9.87. The Balaban J connectivity index is 2.40. The Morgan fingerprint density at radius 3 is 2.24 bits per heavy atom. The standard InChI is InChI=1S/C16H25NO3S/c1-12-10-15(20-4)16(11-13(12)2)21(18,19)17(3)14-8-6-5-7-9-14/h10-11,14H,5-9H2,1-4H3. The van der Waals surface area contributed by atoms with E-state index in [0.717, 1.165) is 36.8 Å². The predicted octanol–water partition coefficient (Wildman–Crippen LogP) is 3.27. The number of nitrogens with zero attached hydrogens (tertiary/aromatic N) is 1. The van der Waals surface area contributed by atoms with Crippen LogP contribution in [0, 0.1) is 13.8 Å². The van der Waals surface area contributed by atoms with E-state index in [2.05, 4.69) is 0 Å². The lowest BCUT2D eigenvalue weighted by Gasteiger charge is -2.31. The van der Waals surface area contributed by atoms with Gasteiger partial charge in [-0.3, -0.25) is 0 Å². The van der Waals surface area contributed by atoms with E-state index in [1.807, 2.05) is 13.8 Å². The van der Waals surface area contributed by atoms with Crippen LogP contribution in [0.2, 0.25) is 0 Å². The van der Waals surface area contributed by atoms with Crippen LogP contribution < -0.4 is 4.74 Å². The van der Waals surface area contributed by atoms with Crippen LogP contribution in [0.15, 0.2) is 17.0 Å². The highest BCUT2D eigenvalue weighted by molar-refractivity contribution is 7.89. The Bertz CT molecular complexity index is 604. The molecule has 2 rings (SSSR count). The molecule has 0 bridgehead atoms. The minimum Gasteiger partial charge on any atom is -0.495 e. The zero-order chi connectivity index (χ0) is 15.6. The van der Waals surface area contributed by atoms with Gasteiger partial charge in [0.05, 0.1) is 7.11 Å². The molecule has 0 N–H and O–H groups in total. The molecule has 1 fully saturated rings. The minimum atomic E-state index is -3.51. The van der Waals surface area contributed by atoms with Gasteiger partial charge >= 0.3 is 0 Å². The Morgan fingerprint density at radius 1 is 1.10 bits per heavy atom. The molecule has 0 radical (unpaired) electrons. The van der Waals surface area contributed by atoms with Crippen molar-refractivity contribution in [2.45, 2.75) is 56.9 Å². The number of hydrogen-bond acceptors (Lipinski definition) is 3. The summed E-state index contributed by atoms with van der Waals surface area (Å²) in [6.07, 6.45) is 5.31. The molecule has 1 aliphatic carbocycles. The van der Waals surface area contributed by atoms with Gasteiger partial charge in [0, 0.05) is 13.1 Å². The number of rotatable bonds is 4. The second kappa shape index (κ2) is 6.36. The summed E-state index contributed by atoms with van der Waals surface area (Å²) in [7, 11) is -0.300. The van der Waals surface area contributed by atoms with Gasteiger partial charge in [-0.25, -0.2) is 8.42 Å². The van der Waals surface area contributed by atoms with Gasteiger partial charge < -0.3 is 4.74 Å². The predicted molar refractivity (Wildman–Crippen MR) is 84.3 cm³/mol. The van der Waals surface area contributed by atoms with Crippen molar-refractivity contribution in [1.29, 1.82) is 0 Å². The molecule has 1 aliphatic rings. The number of aryl methyl sites for hydroxylation is 2. The van der Waals surface area contributed by atoms with Crippen LogP contribution in [-0.2, 0) is 10.0 Å². The molecule has 0 saturated heterocycles. The van der Waals surface area contributed by atoms with E-state index < -0.39 is 10.0 Å². The summed E-state index contributed by atoms with van der Waals surface area (Å²) in [4.78, 5) is 0.279. The molecule has 0 spiro atoms. The lowest BCUT2D eigenvalue weighted by atomic mass is 9.96. The van der Waals surface area contributed by atoms with Crippen molar-refractivity contribution >= 4 is 10.0 Å². The molecule has 0 heterocycles. The first kappa shape index (κ1) is 16.3. The van der Waals surface area contributed by atoms with E-state index in [9.17, 15) is 8.42 Å². The summed E-state index contributed by atoms with van der Waals surface area (Å²) in [6.45, 7) is 3.88. The van der Waals surface area contributed by atoms with Crippen molar-refractivity contribution in [3.8, 4) is 5.75 Å². The van der Waals surface area contributed by atoms with Crippen molar-refractivity contribution in [1.82, 2.24) is 4.31 Å². The molecular formula is C16H25NO3S. The number of hydrogen-bond donors (Lipinski definition) is 0. The van der Waals surface area contributed by atoms with Gasteiger partial charge in [-0.1, -0.05) is 19.3 Å². The lowest BCUT2D eigenvalue weighted by Crippen LogP contribution is -2.38. The quantitative estimate of drug-likeness (QED) is 0.857. The van der Waals surface area contributed by atoms with E-state index in [1.54, 1.807) is 23.5 Å². The van der Waals surface area contributed by atoms with E-state index in [-0.39, 0.29) is 10.9 Å². The maximum Gasteiger partial charge on any atom is 0.246 e. The van der Waals surface area contributed by atoms with E-state index in [4.69, 9.17) is 4.74 Å². The molecule has 0 unspecified atom stereocenters. The average Bonchev–Trinajstić information content (AvgIpc) is 2.49. The number of ether oxygens (including phenoxy) is 1. The summed E-state index contributed by atoms with van der Waals surface area (Å²) in [5, 5.41) is 0. The topological polar surface area (TPSA) is 46.6 Å². The van der Waals surface area contributed by atoms with Gasteiger partial charge in [0.25, 0.3) is 0 Å². The highest BCUT2D eigenvalue weighted by Crippen LogP contribution is 2.32. The van der Waals surface area contributed by atoms with Crippen LogP contribution in [0.4, 0.5) is 0 Å². The monoisotopic (exact) mass is 311 g/mol. The normalized spacial score (nSPS) is 17.2. The average molecular weight is 311 g/mol. The lowest BCUT2D eigenvalue weighted by molar-refractivity contribution is 0.284. The summed E-state index contributed by atoms with van der Waals surface area (Å²) < 4.78 is 32.7. The molecule has 0 amide bonds. The van der Waals surface area contributed by atoms with Gasteiger partial charge in [-0.2, -0.15) is 4.31 Å². The third kappa shape index (κ3) is 3.24. The SMILES string of the molecule is COc1cc(C)c(C)cc1S(=O)(=O)N(C)C1CCCCC1. The smallest absolute Gasteiger partial charge is 0.246 e. The fourth-order valence-electron chi connectivity index (χ4n) is 2.92. The van der Waals surface area contributed by atoms with Gasteiger partial charge in [0.1, 0.15) is 10.6 Å². The number of benzene rings is 1. The van der Waals surface area contributed by atoms with Crippen molar-refractivity contribution in [3.63, 3.8) is 0 Å². The maximum atomic E-state index is 12.9. The molecule has 5 heteroatoms. The molecule has 1 saturated carbocycles. The molecule has 1 aromatic carbocycles. The molecule has 0 atom stereocenters. The summed E-state index contributed by atoms with van der Waals surface area (Å²) in [5.41, 5.74) is 2.00. The number of methoxy groups -OCH3 is 1. The van der Waals surface area contributed by atoms with Gasteiger partial charge in [-0.05, 0) is 49.9 Å². The van der Waals surface area contributed by atoms with Crippen LogP contribution in [0.3, 0.4) is 0 Å². The fraction of sp³-hybridized carbons (Fsp3) is 0.625. The second-order valence-corrected chi connectivity index (χ2v) is 7.87. The summed E-state index contributed by atoms with van der Waals surface area (Å²) in [5.74, 6) is 0.431. The van der Waals surface area contributed by atoms with E-state index >= 15 is 0 Å². The van der Waals surface area contributed by atoms with Crippen molar-refractivity contribution in [3.05, 3.63) is 23.3 Å². The zero-order valence-electron chi connectivity index (χ0n) is 13.3. The van der Waals surface area contributed by atoms with Crippen molar-refractivity contribution in [2.24, 2.45) is 0 Å². The van der Waals surface area contributed by atoms with E-state index in [0.29, 0.717) is 5.75 Å². The Morgan fingerprint density at radius 2 is 1.67 bits per heavy atom. The van der Waals surface area contributed by atoms with Gasteiger partial charge in [-0.15, -0.1) is 0 Å². The highest BCUT2D eigenvalue weighted by atomic mass is 32.2. The molecule has 1 aromatic rings. The fourth-order valence-corrected chi connectivity index (χ4v) is 4.56. The van der Waals surface area contributed by atoms with Gasteiger partial charge in [0.15, 0.2) is 0 Å². The summed E-state index contributed by atoms with van der Waals surface area (Å²) in [6, 6.07) is 3.63. The third-order valence-corrected chi connectivity index (χ3v) is 6.46. The zero-order valence-corrected chi connectivity index (χ0v) is 14.2. The number of sulfonamides is 1. The molecule has 21 heavy (non-hydrogen) atoms. The third-order valence-electron chi connectivity index (χ3n) is 4.53. The molecule has 0 aromatic heterocycles. The highest BCUT2D eigenvalue weighted by Gasteiger charge is 2.31. The Kier molecular flexibility index (Phi) is 4.94. The van der Waals surface area contributed by atoms with Crippen LogP contribution in [0.25, 0.3) is 0 Å². The minimum absolute atomic E-state index is 0.107. The first-order valence-corrected chi connectivity index (χ1v) is 8.95.